The van der Waals surface area contributed by atoms with Crippen LogP contribution < -0.4 is 5.43 Å². The van der Waals surface area contributed by atoms with Gasteiger partial charge in [0.1, 0.15) is 11.3 Å². The molecule has 8 nitrogen and oxygen atoms in total. The van der Waals surface area contributed by atoms with Gasteiger partial charge in [0.15, 0.2) is 0 Å². The van der Waals surface area contributed by atoms with Crippen LogP contribution in [-0.2, 0) is 12.8 Å². The number of phenolic OH excluding ortho intramolecular Hbond substituents is 1. The van der Waals surface area contributed by atoms with Gasteiger partial charge in [-0.1, -0.05) is 23.7 Å². The number of benzene rings is 2. The summed E-state index contributed by atoms with van der Waals surface area (Å²) in [6, 6.07) is 7.71. The molecule has 3 aromatic rings. The highest BCUT2D eigenvalue weighted by Crippen LogP contribution is 2.41. The molecule has 0 saturated heterocycles. The highest BCUT2D eigenvalue weighted by Gasteiger charge is 2.27. The summed E-state index contributed by atoms with van der Waals surface area (Å²) >= 11 is 6.00. The minimum Gasteiger partial charge on any atom is -0.502 e. The van der Waals surface area contributed by atoms with Crippen molar-refractivity contribution in [2.75, 3.05) is 0 Å². The van der Waals surface area contributed by atoms with Crippen molar-refractivity contribution in [1.29, 1.82) is 0 Å². The van der Waals surface area contributed by atoms with Crippen LogP contribution in [0.25, 0.3) is 11.0 Å². The third-order valence-corrected chi connectivity index (χ3v) is 5.24. The first-order valence-electron chi connectivity index (χ1n) is 9.00. The molecule has 0 aliphatic heterocycles. The number of aromatic hydroxyl groups is 1. The normalized spacial score (nSPS) is 13.6. The van der Waals surface area contributed by atoms with Crippen LogP contribution in [0.2, 0.25) is 5.02 Å². The number of hydrogen-bond acceptors (Lipinski definition) is 6. The molecule has 1 amide bonds. The third-order valence-electron chi connectivity index (χ3n) is 4.91. The molecule has 0 unspecified atom stereocenters. The van der Waals surface area contributed by atoms with Crippen molar-refractivity contribution >= 4 is 40.4 Å². The molecule has 4 rings (SSSR count). The van der Waals surface area contributed by atoms with Crippen LogP contribution in [0.3, 0.4) is 0 Å². The standard InChI is InChI=1S/C20H16ClN3O5/c21-14-7-3-1-5-11(14)20(26)23-22-10-13-18-12-6-2-4-8-16(12)29-17(18)9-15(19(13)25)24(27)28/h1,3,5,7,9-10,25H,2,4,6,8H2,(H,23,26)/b22-10+. The van der Waals surface area contributed by atoms with Crippen molar-refractivity contribution < 1.29 is 19.2 Å². The Labute approximate surface area is 169 Å². The molecule has 0 bridgehead atoms. The number of nitro benzene ring substituents is 1. The van der Waals surface area contributed by atoms with E-state index in [-0.39, 0.29) is 16.1 Å². The Kier molecular flexibility index (Phi) is 4.94. The van der Waals surface area contributed by atoms with E-state index >= 15 is 0 Å². The Morgan fingerprint density at radius 3 is 2.83 bits per heavy atom. The highest BCUT2D eigenvalue weighted by molar-refractivity contribution is 6.33. The van der Waals surface area contributed by atoms with Crippen molar-refractivity contribution in [2.45, 2.75) is 25.7 Å². The van der Waals surface area contributed by atoms with Crippen LogP contribution >= 0.6 is 11.6 Å². The van der Waals surface area contributed by atoms with E-state index < -0.39 is 22.3 Å². The molecule has 9 heteroatoms. The molecule has 0 fully saturated rings. The van der Waals surface area contributed by atoms with Crippen LogP contribution in [0.15, 0.2) is 39.9 Å². The second kappa shape index (κ2) is 7.56. The van der Waals surface area contributed by atoms with E-state index in [4.69, 9.17) is 16.0 Å². The van der Waals surface area contributed by atoms with E-state index in [2.05, 4.69) is 10.5 Å². The summed E-state index contributed by atoms with van der Waals surface area (Å²) in [7, 11) is 0. The zero-order valence-electron chi connectivity index (χ0n) is 15.1. The Hall–Kier alpha value is -3.39. The monoisotopic (exact) mass is 413 g/mol. The number of furan rings is 1. The van der Waals surface area contributed by atoms with E-state index in [9.17, 15) is 20.0 Å². The predicted molar refractivity (Wildman–Crippen MR) is 108 cm³/mol. The quantitative estimate of drug-likeness (QED) is 0.374. The molecule has 0 spiro atoms. The zero-order valence-corrected chi connectivity index (χ0v) is 15.9. The molecule has 1 aromatic heterocycles. The number of nitrogens with one attached hydrogen (secondary N) is 1. The van der Waals surface area contributed by atoms with E-state index in [0.29, 0.717) is 11.0 Å². The Bertz CT molecular complexity index is 1170. The summed E-state index contributed by atoms with van der Waals surface area (Å²) < 4.78 is 5.81. The maximum atomic E-state index is 12.3. The van der Waals surface area contributed by atoms with Gasteiger partial charge in [0.25, 0.3) is 5.91 Å². The molecule has 0 radical (unpaired) electrons. The first-order valence-corrected chi connectivity index (χ1v) is 9.37. The predicted octanol–water partition coefficient (Wildman–Crippen LogP) is 4.34. The smallest absolute Gasteiger partial charge is 0.315 e. The molecular formula is C20H16ClN3O5. The number of carbonyl (C=O) groups is 1. The summed E-state index contributed by atoms with van der Waals surface area (Å²) in [4.78, 5) is 22.9. The van der Waals surface area contributed by atoms with Gasteiger partial charge in [0, 0.05) is 17.4 Å². The van der Waals surface area contributed by atoms with Crippen molar-refractivity contribution in [3.63, 3.8) is 0 Å². The zero-order chi connectivity index (χ0) is 20.5. The van der Waals surface area contributed by atoms with Crippen molar-refractivity contribution in [3.8, 4) is 5.75 Å². The Balaban J connectivity index is 1.75. The first kappa shape index (κ1) is 18.9. The van der Waals surface area contributed by atoms with Gasteiger partial charge in [-0.2, -0.15) is 5.10 Å². The molecule has 1 aliphatic carbocycles. The summed E-state index contributed by atoms with van der Waals surface area (Å²) in [5.74, 6) is -0.296. The lowest BCUT2D eigenvalue weighted by molar-refractivity contribution is -0.385. The summed E-state index contributed by atoms with van der Waals surface area (Å²) in [5, 5.41) is 26.6. The number of fused-ring (bicyclic) bond motifs is 3. The van der Waals surface area contributed by atoms with Gasteiger partial charge >= 0.3 is 5.69 Å². The van der Waals surface area contributed by atoms with Gasteiger partial charge in [-0.25, -0.2) is 5.43 Å². The average Bonchev–Trinajstić information content (AvgIpc) is 3.07. The number of halogens is 1. The molecule has 0 saturated carbocycles. The SMILES string of the molecule is O=C(N/N=C/c1c(O)c([N+](=O)[O-])cc2oc3c(c12)CCCC3)c1ccccc1Cl. The van der Waals surface area contributed by atoms with Gasteiger partial charge < -0.3 is 9.52 Å². The summed E-state index contributed by atoms with van der Waals surface area (Å²) in [6.45, 7) is 0. The number of hydrogen-bond donors (Lipinski definition) is 2. The molecule has 1 aliphatic rings. The molecule has 0 atom stereocenters. The number of nitrogens with zero attached hydrogens (tertiary/aromatic N) is 2. The number of rotatable bonds is 4. The fourth-order valence-electron chi connectivity index (χ4n) is 3.56. The van der Waals surface area contributed by atoms with E-state index in [1.54, 1.807) is 24.3 Å². The lowest BCUT2D eigenvalue weighted by Crippen LogP contribution is -2.18. The lowest BCUT2D eigenvalue weighted by Gasteiger charge is -2.10. The number of nitro groups is 1. The lowest BCUT2D eigenvalue weighted by atomic mass is 9.93. The van der Waals surface area contributed by atoms with E-state index in [0.717, 1.165) is 37.0 Å². The van der Waals surface area contributed by atoms with Gasteiger partial charge in [-0.3, -0.25) is 14.9 Å². The van der Waals surface area contributed by atoms with Gasteiger partial charge in [0.05, 0.1) is 33.4 Å². The molecule has 29 heavy (non-hydrogen) atoms. The summed E-state index contributed by atoms with van der Waals surface area (Å²) in [5.41, 5.74) is 3.46. The fraction of sp³-hybridized carbons (Fsp3) is 0.200. The molecular weight excluding hydrogens is 398 g/mol. The molecule has 148 valence electrons. The second-order valence-electron chi connectivity index (χ2n) is 6.68. The highest BCUT2D eigenvalue weighted by atomic mass is 35.5. The number of carbonyl (C=O) groups excluding carboxylic acids is 1. The van der Waals surface area contributed by atoms with E-state index in [1.165, 1.54) is 12.3 Å². The van der Waals surface area contributed by atoms with Gasteiger partial charge in [-0.15, -0.1) is 0 Å². The van der Waals surface area contributed by atoms with Crippen LogP contribution in [-0.4, -0.2) is 22.2 Å². The van der Waals surface area contributed by atoms with Crippen molar-refractivity contribution in [3.05, 3.63) is 67.9 Å². The fourth-order valence-corrected chi connectivity index (χ4v) is 3.78. The molecule has 2 aromatic carbocycles. The maximum absolute atomic E-state index is 12.3. The van der Waals surface area contributed by atoms with E-state index in [1.807, 2.05) is 0 Å². The van der Waals surface area contributed by atoms with Gasteiger partial charge in [-0.05, 0) is 31.4 Å². The Morgan fingerprint density at radius 2 is 2.07 bits per heavy atom. The molecule has 2 N–H and O–H groups in total. The van der Waals surface area contributed by atoms with Crippen molar-refractivity contribution in [1.82, 2.24) is 5.43 Å². The van der Waals surface area contributed by atoms with Crippen LogP contribution in [0.5, 0.6) is 5.75 Å². The minimum absolute atomic E-state index is 0.139. The third kappa shape index (κ3) is 3.42. The number of aryl methyl sites for hydroxylation is 2. The minimum atomic E-state index is -0.685. The maximum Gasteiger partial charge on any atom is 0.315 e. The number of amides is 1. The van der Waals surface area contributed by atoms with Crippen LogP contribution in [0, 0.1) is 10.1 Å². The van der Waals surface area contributed by atoms with Crippen molar-refractivity contribution in [2.24, 2.45) is 5.10 Å². The van der Waals surface area contributed by atoms with Crippen LogP contribution in [0.1, 0.15) is 40.1 Å². The first-order chi connectivity index (χ1) is 14.0. The van der Waals surface area contributed by atoms with Gasteiger partial charge in [0.2, 0.25) is 5.75 Å². The largest absolute Gasteiger partial charge is 0.502 e. The van der Waals surface area contributed by atoms with Crippen LogP contribution in [0.4, 0.5) is 5.69 Å². The molecule has 1 heterocycles. The summed E-state index contributed by atoms with van der Waals surface area (Å²) in [6.07, 6.45) is 4.60. The topological polar surface area (TPSA) is 118 Å². The number of hydrazone groups is 1. The number of phenols is 1. The Morgan fingerprint density at radius 1 is 1.31 bits per heavy atom. The average molecular weight is 414 g/mol. The second-order valence-corrected chi connectivity index (χ2v) is 7.09.